The largest absolute Gasteiger partial charge is 0.366 e. The highest BCUT2D eigenvalue weighted by atomic mass is 16.5. The lowest BCUT2D eigenvalue weighted by molar-refractivity contribution is -0.144. The molecule has 2 saturated heterocycles. The molecule has 2 rings (SSSR count). The molecule has 2 aliphatic heterocycles. The summed E-state index contributed by atoms with van der Waals surface area (Å²) in [5.41, 5.74) is 0. The maximum atomic E-state index is 12.2. The average Bonchev–Trinajstić information content (AvgIpc) is 2.87. The van der Waals surface area contributed by atoms with Crippen molar-refractivity contribution >= 4 is 5.91 Å². The summed E-state index contributed by atoms with van der Waals surface area (Å²) >= 11 is 0. The first-order valence-electron chi connectivity index (χ1n) is 7.00. The number of nitrogens with one attached hydrogen (secondary N) is 1. The van der Waals surface area contributed by atoms with Crippen LogP contribution in [-0.2, 0) is 9.53 Å². The molecule has 1 amide bonds. The topological polar surface area (TPSA) is 44.8 Å². The molecule has 0 aromatic heterocycles. The van der Waals surface area contributed by atoms with Gasteiger partial charge in [0.25, 0.3) is 5.91 Å². The second kappa shape index (κ2) is 6.50. The van der Waals surface area contributed by atoms with Gasteiger partial charge in [0, 0.05) is 32.7 Å². The van der Waals surface area contributed by atoms with Crippen LogP contribution >= 0.6 is 0 Å². The molecule has 104 valence electrons. The Morgan fingerprint density at radius 1 is 1.56 bits per heavy atom. The number of carbonyl (C=O) groups excluding carboxylic acids is 1. The van der Waals surface area contributed by atoms with E-state index in [1.165, 1.54) is 0 Å². The van der Waals surface area contributed by atoms with Gasteiger partial charge in [0.15, 0.2) is 0 Å². The molecule has 2 atom stereocenters. The van der Waals surface area contributed by atoms with Crippen LogP contribution in [0.1, 0.15) is 13.3 Å². The zero-order chi connectivity index (χ0) is 13.0. The minimum absolute atomic E-state index is 0.170. The first-order chi connectivity index (χ1) is 8.70. The zero-order valence-corrected chi connectivity index (χ0v) is 11.5. The van der Waals surface area contributed by atoms with Crippen LogP contribution in [0.4, 0.5) is 0 Å². The predicted molar refractivity (Wildman–Crippen MR) is 70.5 cm³/mol. The Bertz CT molecular complexity index is 279. The highest BCUT2D eigenvalue weighted by molar-refractivity contribution is 5.81. The molecule has 2 fully saturated rings. The van der Waals surface area contributed by atoms with Gasteiger partial charge in [-0.05, 0) is 25.9 Å². The second-order valence-electron chi connectivity index (χ2n) is 5.36. The van der Waals surface area contributed by atoms with Gasteiger partial charge >= 0.3 is 0 Å². The Labute approximate surface area is 109 Å². The van der Waals surface area contributed by atoms with Gasteiger partial charge in [0.1, 0.15) is 6.10 Å². The van der Waals surface area contributed by atoms with Gasteiger partial charge in [-0.15, -0.1) is 0 Å². The number of rotatable bonds is 4. The van der Waals surface area contributed by atoms with Crippen LogP contribution in [0.2, 0.25) is 0 Å². The van der Waals surface area contributed by atoms with Crippen molar-refractivity contribution in [3.8, 4) is 0 Å². The summed E-state index contributed by atoms with van der Waals surface area (Å²) in [4.78, 5) is 16.5. The van der Waals surface area contributed by atoms with Crippen molar-refractivity contribution in [2.75, 3.05) is 52.9 Å². The maximum Gasteiger partial charge on any atom is 0.253 e. The van der Waals surface area contributed by atoms with E-state index >= 15 is 0 Å². The van der Waals surface area contributed by atoms with Crippen LogP contribution in [0.3, 0.4) is 0 Å². The molecule has 0 aromatic carbocycles. The van der Waals surface area contributed by atoms with E-state index in [0.29, 0.717) is 19.1 Å². The van der Waals surface area contributed by atoms with E-state index in [4.69, 9.17) is 4.74 Å². The van der Waals surface area contributed by atoms with Crippen molar-refractivity contribution in [1.29, 1.82) is 0 Å². The molecule has 5 nitrogen and oxygen atoms in total. The molecule has 0 radical (unpaired) electrons. The average molecular weight is 255 g/mol. The van der Waals surface area contributed by atoms with Gasteiger partial charge in [-0.25, -0.2) is 0 Å². The first kappa shape index (κ1) is 13.8. The Kier molecular flexibility index (Phi) is 4.97. The smallest absolute Gasteiger partial charge is 0.253 e. The summed E-state index contributed by atoms with van der Waals surface area (Å²) in [5.74, 6) is 0.791. The SMILES string of the molecule is CCN(C)CC1CCN(C(=O)C2CNCCO2)C1. The van der Waals surface area contributed by atoms with E-state index in [0.717, 1.165) is 39.1 Å². The minimum Gasteiger partial charge on any atom is -0.366 e. The number of morpholine rings is 1. The van der Waals surface area contributed by atoms with E-state index in [9.17, 15) is 4.79 Å². The quantitative estimate of drug-likeness (QED) is 0.754. The molecule has 0 bridgehead atoms. The number of likely N-dealkylation sites (tertiary alicyclic amines) is 1. The molecule has 2 heterocycles. The van der Waals surface area contributed by atoms with Crippen molar-refractivity contribution in [2.45, 2.75) is 19.4 Å². The van der Waals surface area contributed by atoms with E-state index in [-0.39, 0.29) is 12.0 Å². The summed E-state index contributed by atoms with van der Waals surface area (Å²) in [6.45, 7) is 8.27. The van der Waals surface area contributed by atoms with E-state index in [1.807, 2.05) is 4.90 Å². The predicted octanol–water partition coefficient (Wildman–Crippen LogP) is -0.225. The maximum absolute atomic E-state index is 12.2. The fraction of sp³-hybridized carbons (Fsp3) is 0.923. The highest BCUT2D eigenvalue weighted by Crippen LogP contribution is 2.18. The third kappa shape index (κ3) is 3.43. The van der Waals surface area contributed by atoms with Crippen LogP contribution in [-0.4, -0.2) is 74.7 Å². The summed E-state index contributed by atoms with van der Waals surface area (Å²) in [6.07, 6.45) is 0.859. The molecule has 5 heteroatoms. The Morgan fingerprint density at radius 2 is 2.39 bits per heavy atom. The third-order valence-corrected chi connectivity index (χ3v) is 3.91. The molecule has 0 spiro atoms. The minimum atomic E-state index is -0.263. The lowest BCUT2D eigenvalue weighted by Gasteiger charge is -2.27. The molecular weight excluding hydrogens is 230 g/mol. The van der Waals surface area contributed by atoms with Crippen LogP contribution < -0.4 is 5.32 Å². The third-order valence-electron chi connectivity index (χ3n) is 3.91. The standard InChI is InChI=1S/C13H25N3O2/c1-3-15(2)9-11-4-6-16(10-11)13(17)12-8-14-5-7-18-12/h11-12,14H,3-10H2,1-2H3. The summed E-state index contributed by atoms with van der Waals surface area (Å²) < 4.78 is 5.53. The van der Waals surface area contributed by atoms with Gasteiger partial charge in [-0.1, -0.05) is 6.92 Å². The number of carbonyl (C=O) groups is 1. The lowest BCUT2D eigenvalue weighted by Crippen LogP contribution is -2.49. The van der Waals surface area contributed by atoms with Crippen molar-refractivity contribution in [2.24, 2.45) is 5.92 Å². The fourth-order valence-corrected chi connectivity index (χ4v) is 2.68. The molecule has 18 heavy (non-hydrogen) atoms. The van der Waals surface area contributed by atoms with Crippen LogP contribution in [0, 0.1) is 5.92 Å². The Morgan fingerprint density at radius 3 is 3.06 bits per heavy atom. The number of amides is 1. The summed E-state index contributed by atoms with van der Waals surface area (Å²) in [6, 6.07) is 0. The normalized spacial score (nSPS) is 28.9. The highest BCUT2D eigenvalue weighted by Gasteiger charge is 2.32. The Hall–Kier alpha value is -0.650. The van der Waals surface area contributed by atoms with Gasteiger partial charge in [-0.2, -0.15) is 0 Å². The van der Waals surface area contributed by atoms with Crippen LogP contribution in [0.25, 0.3) is 0 Å². The Balaban J connectivity index is 1.78. The van der Waals surface area contributed by atoms with E-state index in [1.54, 1.807) is 0 Å². The number of hydrogen-bond donors (Lipinski definition) is 1. The summed E-state index contributed by atoms with van der Waals surface area (Å²) in [5, 5.41) is 3.21. The monoisotopic (exact) mass is 255 g/mol. The van der Waals surface area contributed by atoms with E-state index < -0.39 is 0 Å². The fourth-order valence-electron chi connectivity index (χ4n) is 2.68. The van der Waals surface area contributed by atoms with Crippen LogP contribution in [0.5, 0.6) is 0 Å². The molecule has 0 aromatic rings. The van der Waals surface area contributed by atoms with Crippen molar-refractivity contribution < 1.29 is 9.53 Å². The summed E-state index contributed by atoms with van der Waals surface area (Å²) in [7, 11) is 2.14. The molecular formula is C13H25N3O2. The van der Waals surface area contributed by atoms with Gasteiger partial charge in [0.05, 0.1) is 6.61 Å². The molecule has 1 N–H and O–H groups in total. The first-order valence-corrected chi connectivity index (χ1v) is 7.00. The number of ether oxygens (including phenoxy) is 1. The number of hydrogen-bond acceptors (Lipinski definition) is 4. The molecule has 2 unspecified atom stereocenters. The van der Waals surface area contributed by atoms with Gasteiger partial charge in [-0.3, -0.25) is 4.79 Å². The zero-order valence-electron chi connectivity index (χ0n) is 11.5. The second-order valence-corrected chi connectivity index (χ2v) is 5.36. The van der Waals surface area contributed by atoms with E-state index in [2.05, 4.69) is 24.2 Å². The molecule has 2 aliphatic rings. The van der Waals surface area contributed by atoms with Crippen molar-refractivity contribution in [3.05, 3.63) is 0 Å². The van der Waals surface area contributed by atoms with Gasteiger partial charge < -0.3 is 19.9 Å². The lowest BCUT2D eigenvalue weighted by atomic mass is 10.1. The van der Waals surface area contributed by atoms with Gasteiger partial charge in [0.2, 0.25) is 0 Å². The van der Waals surface area contributed by atoms with Crippen molar-refractivity contribution in [3.63, 3.8) is 0 Å². The number of nitrogens with zero attached hydrogens (tertiary/aromatic N) is 2. The van der Waals surface area contributed by atoms with Crippen molar-refractivity contribution in [1.82, 2.24) is 15.1 Å². The van der Waals surface area contributed by atoms with Crippen LogP contribution in [0.15, 0.2) is 0 Å². The molecule has 0 saturated carbocycles. The molecule has 0 aliphatic carbocycles.